The van der Waals surface area contributed by atoms with Crippen LogP contribution in [0, 0.1) is 0 Å². The lowest BCUT2D eigenvalue weighted by atomic mass is 9.93. The number of benzene rings is 1. The third-order valence-corrected chi connectivity index (χ3v) is 2.41. The summed E-state index contributed by atoms with van der Waals surface area (Å²) in [5.74, 6) is 0.569. The summed E-state index contributed by atoms with van der Waals surface area (Å²) in [6.45, 7) is 5.28. The lowest BCUT2D eigenvalue weighted by Gasteiger charge is -2.16. The Morgan fingerprint density at radius 1 is 1.46 bits per heavy atom. The van der Waals surface area contributed by atoms with Gasteiger partial charge in [-0.15, -0.1) is 0 Å². The molecule has 1 aromatic rings. The Labute approximate surface area is 80.2 Å². The van der Waals surface area contributed by atoms with Crippen molar-refractivity contribution in [1.29, 1.82) is 0 Å². The van der Waals surface area contributed by atoms with E-state index in [9.17, 15) is 0 Å². The fourth-order valence-electron chi connectivity index (χ4n) is 1.69. The molecule has 0 saturated carbocycles. The van der Waals surface area contributed by atoms with Gasteiger partial charge in [-0.05, 0) is 17.0 Å². The van der Waals surface area contributed by atoms with Gasteiger partial charge in [-0.3, -0.25) is 0 Å². The predicted molar refractivity (Wildman–Crippen MR) is 57.1 cm³/mol. The van der Waals surface area contributed by atoms with Crippen LogP contribution >= 0.6 is 0 Å². The Hall–Kier alpha value is -1.31. The minimum Gasteiger partial charge on any atom is -0.306 e. The SMILES string of the molecule is CC(C)c1cccc2c1C=NNC2.[HH]. The van der Waals surface area contributed by atoms with Crippen molar-refractivity contribution in [3.05, 3.63) is 34.9 Å². The molecule has 1 aliphatic rings. The fourth-order valence-corrected chi connectivity index (χ4v) is 1.69. The maximum atomic E-state index is 4.09. The molecular weight excluding hydrogens is 160 g/mol. The highest BCUT2D eigenvalue weighted by Gasteiger charge is 2.10. The number of nitrogens with one attached hydrogen (secondary N) is 1. The van der Waals surface area contributed by atoms with Crippen molar-refractivity contribution < 1.29 is 1.43 Å². The maximum absolute atomic E-state index is 4.09. The largest absolute Gasteiger partial charge is 0.306 e. The molecule has 0 aromatic heterocycles. The summed E-state index contributed by atoms with van der Waals surface area (Å²) in [6, 6.07) is 6.45. The second-order valence-electron chi connectivity index (χ2n) is 3.67. The van der Waals surface area contributed by atoms with E-state index in [0.717, 1.165) is 6.54 Å². The molecule has 0 amide bonds. The molecule has 2 nitrogen and oxygen atoms in total. The van der Waals surface area contributed by atoms with Gasteiger partial charge in [0.05, 0.1) is 12.8 Å². The van der Waals surface area contributed by atoms with Crippen LogP contribution in [-0.2, 0) is 6.54 Å². The summed E-state index contributed by atoms with van der Waals surface area (Å²) in [4.78, 5) is 0. The highest BCUT2D eigenvalue weighted by molar-refractivity contribution is 5.84. The standard InChI is InChI=1S/C11H14N2.H2/c1-8(2)10-5-3-4-9-6-12-13-7-11(9)10;/h3-5,7-8,12H,6H2,1-2H3;1H. The number of hydrogen-bond donors (Lipinski definition) is 1. The van der Waals surface area contributed by atoms with Crippen molar-refractivity contribution in [3.8, 4) is 0 Å². The highest BCUT2D eigenvalue weighted by atomic mass is 15.3. The van der Waals surface area contributed by atoms with Crippen LogP contribution in [0.4, 0.5) is 0 Å². The summed E-state index contributed by atoms with van der Waals surface area (Å²) in [5, 5.41) is 4.09. The molecule has 0 bridgehead atoms. The number of fused-ring (bicyclic) bond motifs is 1. The molecule has 1 heterocycles. The Balaban J connectivity index is 0.000000980. The zero-order chi connectivity index (χ0) is 9.26. The summed E-state index contributed by atoms with van der Waals surface area (Å²) in [6.07, 6.45) is 1.92. The topological polar surface area (TPSA) is 24.4 Å². The van der Waals surface area contributed by atoms with E-state index < -0.39 is 0 Å². The second kappa shape index (κ2) is 3.21. The number of rotatable bonds is 1. The van der Waals surface area contributed by atoms with Gasteiger partial charge in [0.15, 0.2) is 0 Å². The molecule has 0 aliphatic carbocycles. The summed E-state index contributed by atoms with van der Waals surface area (Å²) in [7, 11) is 0. The first kappa shape index (κ1) is 8.30. The van der Waals surface area contributed by atoms with E-state index >= 15 is 0 Å². The van der Waals surface area contributed by atoms with Crippen molar-refractivity contribution in [1.82, 2.24) is 5.43 Å². The molecule has 0 fully saturated rings. The summed E-state index contributed by atoms with van der Waals surface area (Å²) < 4.78 is 0. The van der Waals surface area contributed by atoms with Crippen LogP contribution in [0.15, 0.2) is 23.3 Å². The van der Waals surface area contributed by atoms with Gasteiger partial charge in [-0.1, -0.05) is 32.0 Å². The van der Waals surface area contributed by atoms with Crippen LogP contribution in [0.2, 0.25) is 0 Å². The molecule has 0 atom stereocenters. The van der Waals surface area contributed by atoms with Crippen LogP contribution in [-0.4, -0.2) is 6.21 Å². The molecule has 0 unspecified atom stereocenters. The first-order valence-electron chi connectivity index (χ1n) is 4.66. The molecule has 13 heavy (non-hydrogen) atoms. The van der Waals surface area contributed by atoms with E-state index in [4.69, 9.17) is 0 Å². The molecule has 0 radical (unpaired) electrons. The zero-order valence-electron chi connectivity index (χ0n) is 8.04. The Bertz CT molecular complexity index is 345. The predicted octanol–water partition coefficient (Wildman–Crippen LogP) is 2.49. The van der Waals surface area contributed by atoms with E-state index in [1.165, 1.54) is 16.7 Å². The van der Waals surface area contributed by atoms with Crippen LogP contribution in [0.25, 0.3) is 0 Å². The normalized spacial score (nSPS) is 14.1. The van der Waals surface area contributed by atoms with Crippen molar-refractivity contribution in [3.63, 3.8) is 0 Å². The molecule has 70 valence electrons. The first-order chi connectivity index (χ1) is 6.29. The van der Waals surface area contributed by atoms with Crippen LogP contribution < -0.4 is 5.43 Å². The molecule has 0 saturated heterocycles. The van der Waals surface area contributed by atoms with Gasteiger partial charge in [0.1, 0.15) is 0 Å². The summed E-state index contributed by atoms with van der Waals surface area (Å²) in [5.41, 5.74) is 7.02. The lowest BCUT2D eigenvalue weighted by Crippen LogP contribution is -2.15. The third-order valence-electron chi connectivity index (χ3n) is 2.41. The van der Waals surface area contributed by atoms with E-state index in [2.05, 4.69) is 42.6 Å². The number of nitrogens with zero attached hydrogens (tertiary/aromatic N) is 1. The second-order valence-corrected chi connectivity index (χ2v) is 3.67. The van der Waals surface area contributed by atoms with Gasteiger partial charge in [0, 0.05) is 6.99 Å². The molecule has 2 heteroatoms. The van der Waals surface area contributed by atoms with Crippen molar-refractivity contribution in [2.45, 2.75) is 26.3 Å². The molecule has 0 spiro atoms. The molecule has 1 N–H and O–H groups in total. The quantitative estimate of drug-likeness (QED) is 0.698. The minimum absolute atomic E-state index is 0. The van der Waals surface area contributed by atoms with Crippen LogP contribution in [0.5, 0.6) is 0 Å². The van der Waals surface area contributed by atoms with E-state index in [0.29, 0.717) is 5.92 Å². The average molecular weight is 176 g/mol. The van der Waals surface area contributed by atoms with Gasteiger partial charge >= 0.3 is 0 Å². The minimum atomic E-state index is 0. The van der Waals surface area contributed by atoms with E-state index in [-0.39, 0.29) is 1.43 Å². The highest BCUT2D eigenvalue weighted by Crippen LogP contribution is 2.22. The lowest BCUT2D eigenvalue weighted by molar-refractivity contribution is 0.728. The Morgan fingerprint density at radius 3 is 3.08 bits per heavy atom. The smallest absolute Gasteiger partial charge is 0.0586 e. The van der Waals surface area contributed by atoms with Crippen LogP contribution in [0.3, 0.4) is 0 Å². The first-order valence-corrected chi connectivity index (χ1v) is 4.66. The van der Waals surface area contributed by atoms with Crippen molar-refractivity contribution >= 4 is 6.21 Å². The van der Waals surface area contributed by atoms with E-state index in [1.54, 1.807) is 0 Å². The fraction of sp³-hybridized carbons (Fsp3) is 0.364. The molecular formula is C11H16N2. The van der Waals surface area contributed by atoms with Gasteiger partial charge in [-0.25, -0.2) is 0 Å². The van der Waals surface area contributed by atoms with Crippen molar-refractivity contribution in [2.24, 2.45) is 5.10 Å². The Morgan fingerprint density at radius 2 is 2.31 bits per heavy atom. The van der Waals surface area contributed by atoms with Gasteiger partial charge in [0.2, 0.25) is 0 Å². The monoisotopic (exact) mass is 176 g/mol. The third kappa shape index (κ3) is 1.44. The van der Waals surface area contributed by atoms with Gasteiger partial charge in [-0.2, -0.15) is 5.10 Å². The van der Waals surface area contributed by atoms with Gasteiger partial charge < -0.3 is 5.43 Å². The molecule has 1 aromatic carbocycles. The average Bonchev–Trinajstić information content (AvgIpc) is 2.17. The molecule has 2 rings (SSSR count). The van der Waals surface area contributed by atoms with Gasteiger partial charge in [0.25, 0.3) is 0 Å². The van der Waals surface area contributed by atoms with Crippen molar-refractivity contribution in [2.75, 3.05) is 0 Å². The Kier molecular flexibility index (Phi) is 2.05. The maximum Gasteiger partial charge on any atom is 0.0586 e. The van der Waals surface area contributed by atoms with E-state index in [1.807, 2.05) is 6.21 Å². The number of hydrazone groups is 1. The zero-order valence-corrected chi connectivity index (χ0v) is 8.04. The number of hydrogen-bond acceptors (Lipinski definition) is 2. The molecule has 1 aliphatic heterocycles. The van der Waals surface area contributed by atoms with Crippen LogP contribution in [0.1, 0.15) is 37.9 Å². The summed E-state index contributed by atoms with van der Waals surface area (Å²) >= 11 is 0.